The van der Waals surface area contributed by atoms with Gasteiger partial charge in [-0.15, -0.1) is 0 Å². The fourth-order valence-electron chi connectivity index (χ4n) is 2.09. The lowest BCUT2D eigenvalue weighted by Crippen LogP contribution is -2.06. The lowest BCUT2D eigenvalue weighted by atomic mass is 10.0. The third-order valence-corrected chi connectivity index (χ3v) is 3.33. The summed E-state index contributed by atoms with van der Waals surface area (Å²) in [6, 6.07) is 7.65. The maximum Gasteiger partial charge on any atom is 0.226 e. The van der Waals surface area contributed by atoms with E-state index in [2.05, 4.69) is 17.1 Å². The minimum atomic E-state index is 0.571. The molecule has 0 amide bonds. The van der Waals surface area contributed by atoms with E-state index in [9.17, 15) is 0 Å². The quantitative estimate of drug-likeness (QED) is 0.840. The number of methoxy groups -OCH3 is 1. The van der Waals surface area contributed by atoms with Gasteiger partial charge in [-0.3, -0.25) is 0 Å². The van der Waals surface area contributed by atoms with Crippen LogP contribution in [-0.4, -0.2) is 23.8 Å². The molecule has 0 aliphatic heterocycles. The number of hydrogen-bond donors (Lipinski definition) is 1. The summed E-state index contributed by atoms with van der Waals surface area (Å²) in [5.41, 5.74) is 6.39. The number of aromatic nitrogens is 2. The van der Waals surface area contributed by atoms with Crippen molar-refractivity contribution in [3.05, 3.63) is 30.2 Å². The van der Waals surface area contributed by atoms with Crippen LogP contribution in [0.1, 0.15) is 25.7 Å². The molecule has 5 nitrogen and oxygen atoms in total. The summed E-state index contributed by atoms with van der Waals surface area (Å²) in [6.45, 7) is 2.90. The Morgan fingerprint density at radius 3 is 2.85 bits per heavy atom. The molecular weight excluding hydrogens is 254 g/mol. The Bertz CT molecular complexity index is 539. The van der Waals surface area contributed by atoms with Crippen molar-refractivity contribution in [1.82, 2.24) is 10.1 Å². The fraction of sp³-hybridized carbons (Fsp3) is 0.467. The molecule has 1 heterocycles. The first kappa shape index (κ1) is 14.5. The highest BCUT2D eigenvalue weighted by Crippen LogP contribution is 2.27. The first-order chi connectivity index (χ1) is 9.74. The molecule has 0 bridgehead atoms. The molecule has 2 N–H and O–H groups in total. The summed E-state index contributed by atoms with van der Waals surface area (Å²) in [4.78, 5) is 4.43. The number of hydrogen-bond acceptors (Lipinski definition) is 5. The van der Waals surface area contributed by atoms with E-state index in [1.54, 1.807) is 7.11 Å². The molecule has 2 rings (SSSR count). The standard InChI is InChI=1S/C15H21N3O2/c1-11(9-10-16)7-8-14-17-15(18-20-14)12-5-3-4-6-13(12)19-2/h3-6,11H,7-10,16H2,1-2H3. The molecule has 0 spiro atoms. The van der Waals surface area contributed by atoms with Gasteiger partial charge in [0.1, 0.15) is 5.75 Å². The van der Waals surface area contributed by atoms with Crippen LogP contribution in [0.25, 0.3) is 11.4 Å². The van der Waals surface area contributed by atoms with E-state index in [0.29, 0.717) is 17.6 Å². The molecule has 2 aromatic rings. The number of rotatable bonds is 7. The van der Waals surface area contributed by atoms with Gasteiger partial charge in [0, 0.05) is 6.42 Å². The van der Waals surface area contributed by atoms with E-state index in [1.165, 1.54) is 0 Å². The van der Waals surface area contributed by atoms with E-state index >= 15 is 0 Å². The lowest BCUT2D eigenvalue weighted by molar-refractivity contribution is 0.362. The van der Waals surface area contributed by atoms with Crippen molar-refractivity contribution in [2.45, 2.75) is 26.2 Å². The van der Waals surface area contributed by atoms with Crippen molar-refractivity contribution >= 4 is 0 Å². The molecule has 1 atom stereocenters. The minimum absolute atomic E-state index is 0.571. The van der Waals surface area contributed by atoms with E-state index in [4.69, 9.17) is 15.0 Å². The molecule has 5 heteroatoms. The normalized spacial score (nSPS) is 12.3. The van der Waals surface area contributed by atoms with E-state index in [-0.39, 0.29) is 0 Å². The van der Waals surface area contributed by atoms with Crippen LogP contribution >= 0.6 is 0 Å². The molecule has 108 valence electrons. The zero-order valence-electron chi connectivity index (χ0n) is 12.0. The topological polar surface area (TPSA) is 74.2 Å². The van der Waals surface area contributed by atoms with Crippen molar-refractivity contribution in [3.63, 3.8) is 0 Å². The number of nitrogens with two attached hydrogens (primary N) is 1. The molecule has 0 aliphatic carbocycles. The maximum absolute atomic E-state index is 5.55. The van der Waals surface area contributed by atoms with Gasteiger partial charge in [-0.25, -0.2) is 0 Å². The van der Waals surface area contributed by atoms with E-state index in [1.807, 2.05) is 24.3 Å². The van der Waals surface area contributed by atoms with Gasteiger partial charge in [0.2, 0.25) is 11.7 Å². The third-order valence-electron chi connectivity index (χ3n) is 3.33. The molecule has 0 saturated carbocycles. The average molecular weight is 275 g/mol. The second-order valence-corrected chi connectivity index (χ2v) is 4.93. The van der Waals surface area contributed by atoms with Gasteiger partial charge in [-0.2, -0.15) is 4.98 Å². The summed E-state index contributed by atoms with van der Waals surface area (Å²) >= 11 is 0. The first-order valence-electron chi connectivity index (χ1n) is 6.90. The summed E-state index contributed by atoms with van der Waals surface area (Å²) in [5, 5.41) is 4.03. The summed E-state index contributed by atoms with van der Waals surface area (Å²) < 4.78 is 10.6. The van der Waals surface area contributed by atoms with Crippen LogP contribution in [0.4, 0.5) is 0 Å². The highest BCUT2D eigenvalue weighted by molar-refractivity contribution is 5.63. The van der Waals surface area contributed by atoms with Crippen LogP contribution in [0.2, 0.25) is 0 Å². The molecule has 20 heavy (non-hydrogen) atoms. The molecule has 0 fully saturated rings. The minimum Gasteiger partial charge on any atom is -0.496 e. The highest BCUT2D eigenvalue weighted by atomic mass is 16.5. The van der Waals surface area contributed by atoms with Gasteiger partial charge in [0.25, 0.3) is 0 Å². The molecular formula is C15H21N3O2. The van der Waals surface area contributed by atoms with Crippen LogP contribution < -0.4 is 10.5 Å². The van der Waals surface area contributed by atoms with Gasteiger partial charge in [0.15, 0.2) is 0 Å². The smallest absolute Gasteiger partial charge is 0.226 e. The maximum atomic E-state index is 5.55. The SMILES string of the molecule is COc1ccccc1-c1noc(CCC(C)CCN)n1. The highest BCUT2D eigenvalue weighted by Gasteiger charge is 2.13. The van der Waals surface area contributed by atoms with Gasteiger partial charge >= 0.3 is 0 Å². The Morgan fingerprint density at radius 2 is 2.10 bits per heavy atom. The molecule has 0 aliphatic rings. The van der Waals surface area contributed by atoms with Crippen molar-refractivity contribution in [1.29, 1.82) is 0 Å². The zero-order valence-corrected chi connectivity index (χ0v) is 12.0. The number of benzene rings is 1. The Hall–Kier alpha value is -1.88. The Morgan fingerprint density at radius 1 is 1.30 bits per heavy atom. The second kappa shape index (κ2) is 7.05. The summed E-state index contributed by atoms with van der Waals surface area (Å²) in [7, 11) is 1.63. The van der Waals surface area contributed by atoms with Crippen molar-refractivity contribution in [2.24, 2.45) is 11.7 Å². The summed E-state index contributed by atoms with van der Waals surface area (Å²) in [6.07, 6.45) is 2.81. The second-order valence-electron chi connectivity index (χ2n) is 4.93. The molecule has 1 aromatic heterocycles. The van der Waals surface area contributed by atoms with Crippen molar-refractivity contribution in [3.8, 4) is 17.1 Å². The van der Waals surface area contributed by atoms with Crippen molar-refractivity contribution in [2.75, 3.05) is 13.7 Å². The first-order valence-corrected chi connectivity index (χ1v) is 6.90. The number of aryl methyl sites for hydroxylation is 1. The van der Waals surface area contributed by atoms with Gasteiger partial charge < -0.3 is 15.0 Å². The number of nitrogens with zero attached hydrogens (tertiary/aromatic N) is 2. The average Bonchev–Trinajstić information content (AvgIpc) is 2.94. The van der Waals surface area contributed by atoms with Crippen LogP contribution in [0.5, 0.6) is 5.75 Å². The predicted molar refractivity (Wildman–Crippen MR) is 77.4 cm³/mol. The lowest BCUT2D eigenvalue weighted by Gasteiger charge is -2.06. The predicted octanol–water partition coefficient (Wildman–Crippen LogP) is 2.66. The van der Waals surface area contributed by atoms with E-state index < -0.39 is 0 Å². The van der Waals surface area contributed by atoms with Gasteiger partial charge in [0.05, 0.1) is 12.7 Å². The monoisotopic (exact) mass is 275 g/mol. The molecule has 0 radical (unpaired) electrons. The molecule has 1 aromatic carbocycles. The summed E-state index contributed by atoms with van der Waals surface area (Å²) in [5.74, 6) is 2.55. The van der Waals surface area contributed by atoms with Crippen molar-refractivity contribution < 1.29 is 9.26 Å². The Balaban J connectivity index is 2.05. The third kappa shape index (κ3) is 3.57. The Labute approximate surface area is 119 Å². The zero-order chi connectivity index (χ0) is 14.4. The van der Waals surface area contributed by atoms with Gasteiger partial charge in [-0.1, -0.05) is 24.2 Å². The van der Waals surface area contributed by atoms with Crippen LogP contribution in [-0.2, 0) is 6.42 Å². The van der Waals surface area contributed by atoms with E-state index in [0.717, 1.165) is 37.1 Å². The number of ether oxygens (including phenoxy) is 1. The van der Waals surface area contributed by atoms with Crippen LogP contribution in [0.3, 0.4) is 0 Å². The van der Waals surface area contributed by atoms with Gasteiger partial charge in [-0.05, 0) is 37.4 Å². The Kier molecular flexibility index (Phi) is 5.12. The fourth-order valence-corrected chi connectivity index (χ4v) is 2.09. The largest absolute Gasteiger partial charge is 0.496 e. The number of para-hydroxylation sites is 1. The van der Waals surface area contributed by atoms with Crippen LogP contribution in [0.15, 0.2) is 28.8 Å². The van der Waals surface area contributed by atoms with Crippen LogP contribution in [0, 0.1) is 5.92 Å². The molecule has 0 saturated heterocycles. The molecule has 1 unspecified atom stereocenters.